The van der Waals surface area contributed by atoms with Crippen LogP contribution < -0.4 is 10.1 Å². The van der Waals surface area contributed by atoms with Gasteiger partial charge in [-0.1, -0.05) is 6.07 Å². The number of hydrogen-bond acceptors (Lipinski definition) is 4. The molecule has 1 aromatic heterocycles. The summed E-state index contributed by atoms with van der Waals surface area (Å²) in [7, 11) is 1.53. The van der Waals surface area contributed by atoms with E-state index in [4.69, 9.17) is 10.1 Å². The fourth-order valence-electron chi connectivity index (χ4n) is 1.69. The lowest BCUT2D eigenvalue weighted by molar-refractivity contribution is 0.101. The van der Waals surface area contributed by atoms with Crippen molar-refractivity contribution in [2.24, 2.45) is 0 Å². The molecule has 2 rings (SSSR count). The van der Waals surface area contributed by atoms with Crippen molar-refractivity contribution in [2.45, 2.75) is 6.92 Å². The number of Topliss-reactive ketones (excluding diaryl/α,β-unsaturated/α-hetero) is 1. The Bertz CT molecular complexity index is 606. The normalized spacial score (nSPS) is 10.0. The second-order valence-electron chi connectivity index (χ2n) is 3.95. The van der Waals surface area contributed by atoms with Crippen molar-refractivity contribution >= 4 is 28.6 Å². The van der Waals surface area contributed by atoms with Crippen LogP contribution in [0, 0.1) is 5.41 Å². The van der Waals surface area contributed by atoms with Gasteiger partial charge in [-0.2, -0.15) is 0 Å². The molecule has 1 heterocycles. The summed E-state index contributed by atoms with van der Waals surface area (Å²) in [6, 6.07) is 8.97. The third-order valence-corrected chi connectivity index (χ3v) is 3.50. The molecule has 19 heavy (non-hydrogen) atoms. The van der Waals surface area contributed by atoms with Gasteiger partial charge >= 0.3 is 0 Å². The van der Waals surface area contributed by atoms with Crippen molar-refractivity contribution < 1.29 is 9.53 Å². The summed E-state index contributed by atoms with van der Waals surface area (Å²) in [5.41, 5.74) is 1.20. The number of amidine groups is 1. The van der Waals surface area contributed by atoms with Gasteiger partial charge in [0.25, 0.3) is 0 Å². The monoisotopic (exact) mass is 274 g/mol. The molecule has 0 unspecified atom stereocenters. The standard InChI is InChI=1S/C14H14N2O2S/c1-9(17)11-8-10(5-6-12(11)18-2)16-14(15)13-4-3-7-19-13/h3-8H,1-2H3,(H2,15,16). The Morgan fingerprint density at radius 2 is 2.16 bits per heavy atom. The van der Waals surface area contributed by atoms with Gasteiger partial charge in [0.1, 0.15) is 11.6 Å². The molecular weight excluding hydrogens is 260 g/mol. The van der Waals surface area contributed by atoms with Gasteiger partial charge in [-0.3, -0.25) is 10.2 Å². The van der Waals surface area contributed by atoms with Gasteiger partial charge in [-0.15, -0.1) is 11.3 Å². The molecule has 0 atom stereocenters. The first kappa shape index (κ1) is 13.3. The molecule has 0 fully saturated rings. The molecule has 2 aromatic rings. The van der Waals surface area contributed by atoms with Crippen molar-refractivity contribution in [3.63, 3.8) is 0 Å². The van der Waals surface area contributed by atoms with E-state index in [9.17, 15) is 4.79 Å². The molecule has 0 aliphatic heterocycles. The summed E-state index contributed by atoms with van der Waals surface area (Å²) >= 11 is 1.49. The predicted molar refractivity (Wildman–Crippen MR) is 77.8 cm³/mol. The number of ether oxygens (including phenoxy) is 1. The van der Waals surface area contributed by atoms with Crippen molar-refractivity contribution in [1.29, 1.82) is 5.41 Å². The molecule has 0 aliphatic rings. The number of benzene rings is 1. The van der Waals surface area contributed by atoms with E-state index in [0.29, 0.717) is 22.8 Å². The summed E-state index contributed by atoms with van der Waals surface area (Å²) < 4.78 is 5.14. The maximum Gasteiger partial charge on any atom is 0.163 e. The van der Waals surface area contributed by atoms with E-state index in [1.807, 2.05) is 17.5 Å². The highest BCUT2D eigenvalue weighted by atomic mass is 32.1. The number of carbonyl (C=O) groups is 1. The van der Waals surface area contributed by atoms with E-state index in [0.717, 1.165) is 4.88 Å². The van der Waals surface area contributed by atoms with Gasteiger partial charge in [-0.05, 0) is 36.6 Å². The van der Waals surface area contributed by atoms with Crippen LogP contribution in [0.5, 0.6) is 5.75 Å². The van der Waals surface area contributed by atoms with E-state index in [2.05, 4.69) is 5.32 Å². The summed E-state index contributed by atoms with van der Waals surface area (Å²) in [4.78, 5) is 12.4. The maximum atomic E-state index is 11.5. The number of ketones is 1. The zero-order valence-electron chi connectivity index (χ0n) is 10.7. The number of anilines is 1. The van der Waals surface area contributed by atoms with Crippen LogP contribution in [0.15, 0.2) is 35.7 Å². The van der Waals surface area contributed by atoms with Gasteiger partial charge in [0.15, 0.2) is 5.78 Å². The van der Waals surface area contributed by atoms with Crippen LogP contribution in [0.3, 0.4) is 0 Å². The van der Waals surface area contributed by atoms with Gasteiger partial charge in [0, 0.05) is 5.69 Å². The average molecular weight is 274 g/mol. The molecule has 98 valence electrons. The van der Waals surface area contributed by atoms with Crippen molar-refractivity contribution in [1.82, 2.24) is 0 Å². The quantitative estimate of drug-likeness (QED) is 0.510. The third kappa shape index (κ3) is 3.00. The second kappa shape index (κ2) is 5.67. The van der Waals surface area contributed by atoms with E-state index in [-0.39, 0.29) is 5.78 Å². The largest absolute Gasteiger partial charge is 0.496 e. The van der Waals surface area contributed by atoms with Crippen LogP contribution in [-0.2, 0) is 0 Å². The van der Waals surface area contributed by atoms with Crippen LogP contribution in [-0.4, -0.2) is 18.7 Å². The van der Waals surface area contributed by atoms with Crippen LogP contribution in [0.4, 0.5) is 5.69 Å². The molecule has 0 bridgehead atoms. The first-order valence-corrected chi connectivity index (χ1v) is 6.58. The molecule has 2 N–H and O–H groups in total. The van der Waals surface area contributed by atoms with Crippen LogP contribution in [0.2, 0.25) is 0 Å². The minimum Gasteiger partial charge on any atom is -0.496 e. The Morgan fingerprint density at radius 3 is 2.74 bits per heavy atom. The number of hydrogen-bond donors (Lipinski definition) is 2. The first-order valence-electron chi connectivity index (χ1n) is 5.70. The Labute approximate surface area is 115 Å². The number of methoxy groups -OCH3 is 1. The summed E-state index contributed by atoms with van der Waals surface area (Å²) in [5.74, 6) is 0.790. The predicted octanol–water partition coefficient (Wildman–Crippen LogP) is 3.40. The fraction of sp³-hybridized carbons (Fsp3) is 0.143. The number of carbonyl (C=O) groups excluding carboxylic acids is 1. The van der Waals surface area contributed by atoms with Crippen LogP contribution in [0.25, 0.3) is 0 Å². The minimum atomic E-state index is -0.0665. The first-order chi connectivity index (χ1) is 9.11. The second-order valence-corrected chi connectivity index (χ2v) is 4.90. The van der Waals surface area contributed by atoms with E-state index in [1.54, 1.807) is 18.2 Å². The smallest absolute Gasteiger partial charge is 0.163 e. The van der Waals surface area contributed by atoms with Gasteiger partial charge < -0.3 is 10.1 Å². The van der Waals surface area contributed by atoms with Crippen LogP contribution >= 0.6 is 11.3 Å². The van der Waals surface area contributed by atoms with Gasteiger partial charge in [0.2, 0.25) is 0 Å². The molecule has 1 aromatic carbocycles. The summed E-state index contributed by atoms with van der Waals surface area (Å²) in [6.45, 7) is 1.49. The zero-order chi connectivity index (χ0) is 13.8. The lowest BCUT2D eigenvalue weighted by atomic mass is 10.1. The highest BCUT2D eigenvalue weighted by Crippen LogP contribution is 2.23. The van der Waals surface area contributed by atoms with Crippen molar-refractivity contribution in [2.75, 3.05) is 12.4 Å². The molecule has 5 heteroatoms. The Morgan fingerprint density at radius 1 is 1.37 bits per heavy atom. The molecule has 4 nitrogen and oxygen atoms in total. The van der Waals surface area contributed by atoms with E-state index < -0.39 is 0 Å². The Balaban J connectivity index is 2.24. The highest BCUT2D eigenvalue weighted by molar-refractivity contribution is 7.12. The van der Waals surface area contributed by atoms with Gasteiger partial charge in [0.05, 0.1) is 17.6 Å². The van der Waals surface area contributed by atoms with E-state index >= 15 is 0 Å². The average Bonchev–Trinajstić information content (AvgIpc) is 2.92. The Hall–Kier alpha value is -2.14. The lowest BCUT2D eigenvalue weighted by Crippen LogP contribution is -2.11. The minimum absolute atomic E-state index is 0.0665. The molecule has 0 saturated carbocycles. The number of nitrogens with one attached hydrogen (secondary N) is 2. The van der Waals surface area contributed by atoms with Crippen molar-refractivity contribution in [3.8, 4) is 5.75 Å². The SMILES string of the molecule is COc1ccc(NC(=N)c2cccs2)cc1C(C)=O. The lowest BCUT2D eigenvalue weighted by Gasteiger charge is -2.10. The third-order valence-electron chi connectivity index (χ3n) is 2.62. The molecule has 0 radical (unpaired) electrons. The number of rotatable bonds is 4. The summed E-state index contributed by atoms with van der Waals surface area (Å²) in [6.07, 6.45) is 0. The Kier molecular flexibility index (Phi) is 3.97. The zero-order valence-corrected chi connectivity index (χ0v) is 11.5. The topological polar surface area (TPSA) is 62.2 Å². The molecule has 0 saturated heterocycles. The van der Waals surface area contributed by atoms with E-state index in [1.165, 1.54) is 25.4 Å². The fourth-order valence-corrected chi connectivity index (χ4v) is 2.32. The van der Waals surface area contributed by atoms with Gasteiger partial charge in [-0.25, -0.2) is 0 Å². The maximum absolute atomic E-state index is 11.5. The van der Waals surface area contributed by atoms with Crippen molar-refractivity contribution in [3.05, 3.63) is 46.2 Å². The summed E-state index contributed by atoms with van der Waals surface area (Å²) in [5, 5.41) is 12.8. The highest BCUT2D eigenvalue weighted by Gasteiger charge is 2.10. The molecular formula is C14H14N2O2S. The molecule has 0 aliphatic carbocycles. The molecule has 0 amide bonds. The number of thiophene rings is 1. The van der Waals surface area contributed by atoms with Crippen LogP contribution in [0.1, 0.15) is 22.2 Å². The molecule has 0 spiro atoms.